The maximum absolute atomic E-state index is 13.2. The van der Waals surface area contributed by atoms with Gasteiger partial charge in [-0.3, -0.25) is 4.79 Å². The first-order valence-corrected chi connectivity index (χ1v) is 6.56. The molecule has 3 N–H and O–H groups in total. The lowest BCUT2D eigenvalue weighted by atomic mass is 9.95. The standard InChI is InChI=1S/C14H19FN2O2/c1-9-3-2-4-11(8-16)17(9)14(19)12-7-10(15)5-6-13(12)18/h5-7,9,11,18H,2-4,8,16H2,1H3. The molecule has 1 aromatic rings. The van der Waals surface area contributed by atoms with Crippen LogP contribution in [0.1, 0.15) is 36.5 Å². The number of piperidine rings is 1. The molecule has 4 nitrogen and oxygen atoms in total. The van der Waals surface area contributed by atoms with Crippen LogP contribution >= 0.6 is 0 Å². The summed E-state index contributed by atoms with van der Waals surface area (Å²) in [5.41, 5.74) is 5.72. The Kier molecular flexibility index (Phi) is 4.04. The van der Waals surface area contributed by atoms with Gasteiger partial charge in [0.2, 0.25) is 0 Å². The lowest BCUT2D eigenvalue weighted by Crippen LogP contribution is -2.51. The summed E-state index contributed by atoms with van der Waals surface area (Å²) < 4.78 is 13.2. The fourth-order valence-corrected chi connectivity index (χ4v) is 2.70. The Bertz CT molecular complexity index is 479. The van der Waals surface area contributed by atoms with Gasteiger partial charge >= 0.3 is 0 Å². The van der Waals surface area contributed by atoms with Crippen molar-refractivity contribution in [3.63, 3.8) is 0 Å². The highest BCUT2D eigenvalue weighted by Gasteiger charge is 2.32. The number of phenols is 1. The smallest absolute Gasteiger partial charge is 0.258 e. The molecule has 0 radical (unpaired) electrons. The van der Waals surface area contributed by atoms with Crippen LogP contribution in [-0.4, -0.2) is 34.5 Å². The molecule has 0 bridgehead atoms. The summed E-state index contributed by atoms with van der Waals surface area (Å²) >= 11 is 0. The molecule has 2 rings (SSSR count). The summed E-state index contributed by atoms with van der Waals surface area (Å²) in [4.78, 5) is 14.2. The number of likely N-dealkylation sites (tertiary alicyclic amines) is 1. The van der Waals surface area contributed by atoms with Crippen LogP contribution in [0.5, 0.6) is 5.75 Å². The van der Waals surface area contributed by atoms with Crippen LogP contribution in [-0.2, 0) is 0 Å². The zero-order chi connectivity index (χ0) is 14.0. The van der Waals surface area contributed by atoms with E-state index in [4.69, 9.17) is 5.73 Å². The van der Waals surface area contributed by atoms with E-state index >= 15 is 0 Å². The zero-order valence-electron chi connectivity index (χ0n) is 11.0. The number of phenolic OH excluding ortho intramolecular Hbond substituents is 1. The van der Waals surface area contributed by atoms with E-state index in [1.54, 1.807) is 4.90 Å². The first-order valence-electron chi connectivity index (χ1n) is 6.56. The monoisotopic (exact) mass is 266 g/mol. The van der Waals surface area contributed by atoms with Gasteiger partial charge in [-0.05, 0) is 44.4 Å². The molecule has 1 aliphatic rings. The van der Waals surface area contributed by atoms with E-state index in [0.29, 0.717) is 6.54 Å². The molecular formula is C14H19FN2O2. The molecule has 1 aliphatic heterocycles. The minimum atomic E-state index is -0.532. The number of aromatic hydroxyl groups is 1. The van der Waals surface area contributed by atoms with Gasteiger partial charge in [0.15, 0.2) is 0 Å². The Morgan fingerprint density at radius 3 is 2.95 bits per heavy atom. The predicted octanol–water partition coefficient (Wildman–Crippen LogP) is 1.87. The van der Waals surface area contributed by atoms with Crippen molar-refractivity contribution in [3.8, 4) is 5.75 Å². The number of amides is 1. The van der Waals surface area contributed by atoms with E-state index in [9.17, 15) is 14.3 Å². The number of carbonyl (C=O) groups excluding carboxylic acids is 1. The van der Waals surface area contributed by atoms with Crippen molar-refractivity contribution in [1.82, 2.24) is 4.90 Å². The Morgan fingerprint density at radius 1 is 1.53 bits per heavy atom. The summed E-state index contributed by atoms with van der Waals surface area (Å²) in [5.74, 6) is -1.07. The minimum absolute atomic E-state index is 0.00667. The second kappa shape index (κ2) is 5.57. The minimum Gasteiger partial charge on any atom is -0.507 e. The van der Waals surface area contributed by atoms with Crippen molar-refractivity contribution in [1.29, 1.82) is 0 Å². The summed E-state index contributed by atoms with van der Waals surface area (Å²) in [6, 6.07) is 3.42. The molecule has 1 heterocycles. The second-order valence-electron chi connectivity index (χ2n) is 5.04. The Labute approximate surface area is 112 Å². The number of carbonyl (C=O) groups is 1. The van der Waals surface area contributed by atoms with Crippen molar-refractivity contribution in [2.24, 2.45) is 5.73 Å². The quantitative estimate of drug-likeness (QED) is 0.858. The first-order chi connectivity index (χ1) is 9.04. The van der Waals surface area contributed by atoms with Crippen molar-refractivity contribution in [2.75, 3.05) is 6.54 Å². The van der Waals surface area contributed by atoms with E-state index in [1.807, 2.05) is 6.92 Å². The Hall–Kier alpha value is -1.62. The van der Waals surface area contributed by atoms with E-state index in [0.717, 1.165) is 31.4 Å². The summed E-state index contributed by atoms with van der Waals surface area (Å²) in [7, 11) is 0. The molecule has 1 fully saturated rings. The number of nitrogens with zero attached hydrogens (tertiary/aromatic N) is 1. The molecule has 0 aliphatic carbocycles. The van der Waals surface area contributed by atoms with Crippen molar-refractivity contribution >= 4 is 5.91 Å². The normalized spacial score (nSPS) is 23.4. The van der Waals surface area contributed by atoms with Gasteiger partial charge in [0, 0.05) is 18.6 Å². The molecular weight excluding hydrogens is 247 g/mol. The Balaban J connectivity index is 2.33. The highest BCUT2D eigenvalue weighted by Crippen LogP contribution is 2.27. The van der Waals surface area contributed by atoms with Gasteiger partial charge in [0.1, 0.15) is 11.6 Å². The lowest BCUT2D eigenvalue weighted by Gasteiger charge is -2.40. The topological polar surface area (TPSA) is 66.6 Å². The maximum Gasteiger partial charge on any atom is 0.258 e. The molecule has 1 aromatic carbocycles. The largest absolute Gasteiger partial charge is 0.507 e. The number of hydrogen-bond acceptors (Lipinski definition) is 3. The lowest BCUT2D eigenvalue weighted by molar-refractivity contribution is 0.0490. The Morgan fingerprint density at radius 2 is 2.26 bits per heavy atom. The molecule has 0 spiro atoms. The molecule has 5 heteroatoms. The van der Waals surface area contributed by atoms with Gasteiger partial charge in [0.05, 0.1) is 5.56 Å². The SMILES string of the molecule is CC1CCCC(CN)N1C(=O)c1cc(F)ccc1O. The van der Waals surface area contributed by atoms with Crippen LogP contribution in [0.15, 0.2) is 18.2 Å². The third-order valence-electron chi connectivity index (χ3n) is 3.72. The molecule has 1 saturated heterocycles. The number of benzene rings is 1. The molecule has 0 aromatic heterocycles. The number of hydrogen-bond donors (Lipinski definition) is 2. The third-order valence-corrected chi connectivity index (χ3v) is 3.72. The zero-order valence-corrected chi connectivity index (χ0v) is 11.0. The van der Waals surface area contributed by atoms with Gasteiger partial charge in [-0.15, -0.1) is 0 Å². The fraction of sp³-hybridized carbons (Fsp3) is 0.500. The van der Waals surface area contributed by atoms with Crippen molar-refractivity contribution in [2.45, 2.75) is 38.3 Å². The average Bonchev–Trinajstić information content (AvgIpc) is 2.40. The molecule has 2 unspecified atom stereocenters. The summed E-state index contributed by atoms with van der Waals surface area (Å²) in [5, 5.41) is 9.74. The van der Waals surface area contributed by atoms with Crippen LogP contribution in [0.2, 0.25) is 0 Å². The van der Waals surface area contributed by atoms with Gasteiger partial charge in [-0.2, -0.15) is 0 Å². The second-order valence-corrected chi connectivity index (χ2v) is 5.04. The fourth-order valence-electron chi connectivity index (χ4n) is 2.70. The summed E-state index contributed by atoms with van der Waals surface area (Å²) in [6.07, 6.45) is 2.78. The number of halogens is 1. The molecule has 104 valence electrons. The highest BCUT2D eigenvalue weighted by molar-refractivity contribution is 5.97. The molecule has 1 amide bonds. The van der Waals surface area contributed by atoms with Crippen LogP contribution in [0.3, 0.4) is 0 Å². The van der Waals surface area contributed by atoms with Crippen LogP contribution in [0, 0.1) is 5.82 Å². The number of rotatable bonds is 2. The van der Waals surface area contributed by atoms with E-state index < -0.39 is 5.82 Å². The van der Waals surface area contributed by atoms with Crippen molar-refractivity contribution in [3.05, 3.63) is 29.6 Å². The van der Waals surface area contributed by atoms with Crippen LogP contribution in [0.4, 0.5) is 4.39 Å². The predicted molar refractivity (Wildman–Crippen MR) is 70.4 cm³/mol. The third kappa shape index (κ3) is 2.71. The van der Waals surface area contributed by atoms with Crippen LogP contribution in [0.25, 0.3) is 0 Å². The van der Waals surface area contributed by atoms with Gasteiger partial charge < -0.3 is 15.7 Å². The van der Waals surface area contributed by atoms with E-state index in [-0.39, 0.29) is 29.3 Å². The van der Waals surface area contributed by atoms with Crippen molar-refractivity contribution < 1.29 is 14.3 Å². The van der Waals surface area contributed by atoms with Gasteiger partial charge in [-0.25, -0.2) is 4.39 Å². The summed E-state index contributed by atoms with van der Waals surface area (Å²) in [6.45, 7) is 2.34. The van der Waals surface area contributed by atoms with E-state index in [2.05, 4.69) is 0 Å². The van der Waals surface area contributed by atoms with Gasteiger partial charge in [-0.1, -0.05) is 0 Å². The molecule has 2 atom stereocenters. The van der Waals surface area contributed by atoms with E-state index in [1.165, 1.54) is 6.07 Å². The highest BCUT2D eigenvalue weighted by atomic mass is 19.1. The number of nitrogens with two attached hydrogens (primary N) is 1. The molecule has 19 heavy (non-hydrogen) atoms. The van der Waals surface area contributed by atoms with Crippen LogP contribution < -0.4 is 5.73 Å². The molecule has 0 saturated carbocycles. The first kappa shape index (κ1) is 13.8. The van der Waals surface area contributed by atoms with Gasteiger partial charge in [0.25, 0.3) is 5.91 Å². The average molecular weight is 266 g/mol. The maximum atomic E-state index is 13.2.